The van der Waals surface area contributed by atoms with Crippen molar-refractivity contribution in [2.75, 3.05) is 19.7 Å². The summed E-state index contributed by atoms with van der Waals surface area (Å²) in [6.07, 6.45) is -0.0316. The van der Waals surface area contributed by atoms with Crippen molar-refractivity contribution in [3.63, 3.8) is 0 Å². The Morgan fingerprint density at radius 3 is 2.86 bits per heavy atom. The first-order valence-corrected chi connectivity index (χ1v) is 7.25. The third-order valence-electron chi connectivity index (χ3n) is 3.68. The van der Waals surface area contributed by atoms with Crippen molar-refractivity contribution in [2.45, 2.75) is 32.4 Å². The second-order valence-electron chi connectivity index (χ2n) is 6.13. The first kappa shape index (κ1) is 16.4. The van der Waals surface area contributed by atoms with E-state index < -0.39 is 17.3 Å². The van der Waals surface area contributed by atoms with Crippen LogP contribution in [0.3, 0.4) is 0 Å². The number of ether oxygens (including phenoxy) is 1. The van der Waals surface area contributed by atoms with E-state index in [0.717, 1.165) is 6.07 Å². The number of amides is 2. The number of carbonyl (C=O) groups is 2. The number of nitrogens with zero attached hydrogens (tertiary/aromatic N) is 1. The number of morpholine rings is 1. The van der Waals surface area contributed by atoms with Crippen LogP contribution >= 0.6 is 0 Å². The molecule has 2 amide bonds. The molecule has 22 heavy (non-hydrogen) atoms. The van der Waals surface area contributed by atoms with Gasteiger partial charge in [-0.05, 0) is 39.0 Å². The van der Waals surface area contributed by atoms with E-state index >= 15 is 0 Å². The van der Waals surface area contributed by atoms with E-state index in [2.05, 4.69) is 5.32 Å². The number of hydrogen-bond acceptors (Lipinski definition) is 3. The molecule has 0 bridgehead atoms. The molecule has 1 N–H and O–H groups in total. The number of nitrogens with one attached hydrogen (secondary N) is 1. The predicted octanol–water partition coefficient (Wildman–Crippen LogP) is 1.58. The topological polar surface area (TPSA) is 58.6 Å². The fourth-order valence-corrected chi connectivity index (χ4v) is 2.40. The summed E-state index contributed by atoms with van der Waals surface area (Å²) in [5.74, 6) is -1.13. The Morgan fingerprint density at radius 2 is 2.18 bits per heavy atom. The predicted molar refractivity (Wildman–Crippen MR) is 79.9 cm³/mol. The number of hydrogen-bond donors (Lipinski definition) is 1. The molecule has 0 spiro atoms. The van der Waals surface area contributed by atoms with Gasteiger partial charge in [0.25, 0.3) is 5.91 Å². The summed E-state index contributed by atoms with van der Waals surface area (Å²) in [6, 6.07) is 5.36. The number of halogens is 1. The molecule has 1 heterocycles. The molecule has 0 radical (unpaired) electrons. The average molecular weight is 308 g/mol. The van der Waals surface area contributed by atoms with Crippen molar-refractivity contribution in [3.8, 4) is 0 Å². The Kier molecular flexibility index (Phi) is 4.81. The molecule has 1 atom stereocenters. The van der Waals surface area contributed by atoms with Crippen molar-refractivity contribution in [2.24, 2.45) is 0 Å². The molecule has 0 unspecified atom stereocenters. The standard InChI is InChI=1S/C16H21FN2O3/c1-11-9-19(16(2,3)10-22-11)14(20)8-18-15(21)12-5-4-6-13(17)7-12/h4-7,11H,8-10H2,1-3H3,(H,18,21)/t11-/m1/s1. The third kappa shape index (κ3) is 3.82. The summed E-state index contributed by atoms with van der Waals surface area (Å²) >= 11 is 0. The Hall–Kier alpha value is -1.95. The van der Waals surface area contributed by atoms with Gasteiger partial charge in [-0.2, -0.15) is 0 Å². The molecule has 1 fully saturated rings. The van der Waals surface area contributed by atoms with Gasteiger partial charge in [0.2, 0.25) is 5.91 Å². The van der Waals surface area contributed by atoms with Crippen LogP contribution in [0.15, 0.2) is 24.3 Å². The lowest BCUT2D eigenvalue weighted by Crippen LogP contribution is -2.59. The summed E-state index contributed by atoms with van der Waals surface area (Å²) in [5.41, 5.74) is -0.213. The van der Waals surface area contributed by atoms with Crippen molar-refractivity contribution >= 4 is 11.8 Å². The fraction of sp³-hybridized carbons (Fsp3) is 0.500. The monoisotopic (exact) mass is 308 g/mol. The van der Waals surface area contributed by atoms with Gasteiger partial charge in [0.15, 0.2) is 0 Å². The number of carbonyl (C=O) groups excluding carboxylic acids is 2. The zero-order valence-electron chi connectivity index (χ0n) is 13.1. The average Bonchev–Trinajstić information content (AvgIpc) is 2.47. The van der Waals surface area contributed by atoms with Crippen molar-refractivity contribution in [1.29, 1.82) is 0 Å². The van der Waals surface area contributed by atoms with Gasteiger partial charge >= 0.3 is 0 Å². The quantitative estimate of drug-likeness (QED) is 0.922. The van der Waals surface area contributed by atoms with Gasteiger partial charge in [0.1, 0.15) is 5.82 Å². The van der Waals surface area contributed by atoms with Crippen LogP contribution in [0, 0.1) is 5.82 Å². The van der Waals surface area contributed by atoms with Crippen molar-refractivity contribution < 1.29 is 18.7 Å². The fourth-order valence-electron chi connectivity index (χ4n) is 2.40. The van der Waals surface area contributed by atoms with E-state index in [1.165, 1.54) is 18.2 Å². The van der Waals surface area contributed by atoms with Gasteiger partial charge in [-0.3, -0.25) is 9.59 Å². The van der Waals surface area contributed by atoms with Gasteiger partial charge < -0.3 is 15.0 Å². The van der Waals surface area contributed by atoms with Crippen LogP contribution in [0.25, 0.3) is 0 Å². The zero-order chi connectivity index (χ0) is 16.3. The van der Waals surface area contributed by atoms with Crippen molar-refractivity contribution in [3.05, 3.63) is 35.6 Å². The molecule has 2 rings (SSSR count). The minimum absolute atomic E-state index is 0.0316. The van der Waals surface area contributed by atoms with Gasteiger partial charge in [0, 0.05) is 12.1 Å². The lowest BCUT2D eigenvalue weighted by atomic mass is 10.0. The second kappa shape index (κ2) is 6.44. The molecular weight excluding hydrogens is 287 g/mol. The molecule has 1 aliphatic rings. The number of benzene rings is 1. The molecule has 1 aromatic rings. The smallest absolute Gasteiger partial charge is 0.251 e. The van der Waals surface area contributed by atoms with E-state index in [9.17, 15) is 14.0 Å². The first-order chi connectivity index (χ1) is 10.3. The normalized spacial score (nSPS) is 20.5. The summed E-state index contributed by atoms with van der Waals surface area (Å²) in [7, 11) is 0. The molecule has 6 heteroatoms. The number of rotatable bonds is 3. The van der Waals surface area contributed by atoms with Crippen LogP contribution in [-0.2, 0) is 9.53 Å². The second-order valence-corrected chi connectivity index (χ2v) is 6.13. The molecule has 1 aromatic carbocycles. The Labute approximate surface area is 129 Å². The summed E-state index contributed by atoms with van der Waals surface area (Å²) < 4.78 is 18.7. The molecule has 1 saturated heterocycles. The summed E-state index contributed by atoms with van der Waals surface area (Å²) in [5, 5.41) is 2.54. The molecule has 120 valence electrons. The Bertz CT molecular complexity index is 574. The van der Waals surface area contributed by atoms with E-state index in [0.29, 0.717) is 13.2 Å². The van der Waals surface area contributed by atoms with E-state index in [1.807, 2.05) is 20.8 Å². The van der Waals surface area contributed by atoms with Crippen LogP contribution in [0.1, 0.15) is 31.1 Å². The highest BCUT2D eigenvalue weighted by molar-refractivity contribution is 5.96. The van der Waals surface area contributed by atoms with Gasteiger partial charge in [-0.15, -0.1) is 0 Å². The Balaban J connectivity index is 1.96. The molecule has 0 aliphatic carbocycles. The third-order valence-corrected chi connectivity index (χ3v) is 3.68. The zero-order valence-corrected chi connectivity index (χ0v) is 13.1. The van der Waals surface area contributed by atoms with E-state index in [4.69, 9.17) is 4.74 Å². The van der Waals surface area contributed by atoms with Gasteiger partial charge in [0.05, 0.1) is 24.8 Å². The molecule has 1 aliphatic heterocycles. The highest BCUT2D eigenvalue weighted by Crippen LogP contribution is 2.21. The van der Waals surface area contributed by atoms with Crippen LogP contribution in [0.4, 0.5) is 4.39 Å². The van der Waals surface area contributed by atoms with Gasteiger partial charge in [-0.1, -0.05) is 6.07 Å². The van der Waals surface area contributed by atoms with Crippen LogP contribution in [-0.4, -0.2) is 48.1 Å². The molecule has 0 saturated carbocycles. The maximum absolute atomic E-state index is 13.1. The van der Waals surface area contributed by atoms with E-state index in [-0.39, 0.29) is 24.1 Å². The maximum atomic E-state index is 13.1. The SMILES string of the molecule is C[C@@H]1CN(C(=O)CNC(=O)c2cccc(F)c2)C(C)(C)CO1. The van der Waals surface area contributed by atoms with Crippen LogP contribution < -0.4 is 5.32 Å². The molecule has 5 nitrogen and oxygen atoms in total. The summed E-state index contributed by atoms with van der Waals surface area (Å²) in [4.78, 5) is 26.0. The molecule has 0 aromatic heterocycles. The lowest BCUT2D eigenvalue weighted by molar-refractivity contribution is -0.151. The van der Waals surface area contributed by atoms with Crippen molar-refractivity contribution in [1.82, 2.24) is 10.2 Å². The van der Waals surface area contributed by atoms with Gasteiger partial charge in [-0.25, -0.2) is 4.39 Å². The maximum Gasteiger partial charge on any atom is 0.251 e. The summed E-state index contributed by atoms with van der Waals surface area (Å²) in [6.45, 7) is 6.57. The highest BCUT2D eigenvalue weighted by Gasteiger charge is 2.36. The lowest BCUT2D eigenvalue weighted by Gasteiger charge is -2.44. The minimum atomic E-state index is -0.484. The highest BCUT2D eigenvalue weighted by atomic mass is 19.1. The van der Waals surface area contributed by atoms with Crippen LogP contribution in [0.2, 0.25) is 0 Å². The van der Waals surface area contributed by atoms with Crippen LogP contribution in [0.5, 0.6) is 0 Å². The Morgan fingerprint density at radius 1 is 1.45 bits per heavy atom. The largest absolute Gasteiger partial charge is 0.374 e. The first-order valence-electron chi connectivity index (χ1n) is 7.25. The minimum Gasteiger partial charge on any atom is -0.374 e. The van der Waals surface area contributed by atoms with E-state index in [1.54, 1.807) is 4.90 Å². The molecular formula is C16H21FN2O3.